The van der Waals surface area contributed by atoms with E-state index in [0.717, 1.165) is 48.3 Å². The van der Waals surface area contributed by atoms with Crippen LogP contribution in [0.2, 0.25) is 0 Å². The maximum absolute atomic E-state index is 13.2. The van der Waals surface area contributed by atoms with Crippen LogP contribution in [0.15, 0.2) is 48.5 Å². The molecule has 4 rings (SSSR count). The Morgan fingerprint density at radius 2 is 1.35 bits per heavy atom. The fraction of sp³-hybridized carbons (Fsp3) is 0.462. The number of ether oxygens (including phenoxy) is 3. The average molecular weight is 423 g/mol. The Labute approximate surface area is 183 Å². The Balaban J connectivity index is 1.65. The molecule has 31 heavy (non-hydrogen) atoms. The van der Waals surface area contributed by atoms with E-state index in [9.17, 15) is 9.59 Å². The minimum Gasteiger partial charge on any atom is -0.497 e. The Morgan fingerprint density at radius 1 is 0.806 bits per heavy atom. The largest absolute Gasteiger partial charge is 0.497 e. The van der Waals surface area contributed by atoms with Crippen molar-refractivity contribution in [1.82, 2.24) is 0 Å². The Morgan fingerprint density at radius 3 is 1.90 bits per heavy atom. The van der Waals surface area contributed by atoms with Crippen molar-refractivity contribution in [3.05, 3.63) is 59.7 Å². The van der Waals surface area contributed by atoms with E-state index in [2.05, 4.69) is 0 Å². The molecule has 0 amide bonds. The third kappa shape index (κ3) is 4.60. The van der Waals surface area contributed by atoms with Crippen LogP contribution in [-0.2, 0) is 14.3 Å². The summed E-state index contributed by atoms with van der Waals surface area (Å²) in [6, 6.07) is 15.5. The van der Waals surface area contributed by atoms with Gasteiger partial charge in [-0.15, -0.1) is 0 Å². The van der Waals surface area contributed by atoms with Gasteiger partial charge in [-0.25, -0.2) is 0 Å². The number of carbonyl (C=O) groups excluding carboxylic acids is 2. The van der Waals surface area contributed by atoms with Crippen molar-refractivity contribution in [2.45, 2.75) is 56.5 Å². The van der Waals surface area contributed by atoms with Crippen LogP contribution in [0.5, 0.6) is 11.5 Å². The molecule has 2 aromatic carbocycles. The third-order valence-corrected chi connectivity index (χ3v) is 6.69. The first-order chi connectivity index (χ1) is 15.1. The average Bonchev–Trinajstić information content (AvgIpc) is 3.17. The van der Waals surface area contributed by atoms with Gasteiger partial charge in [-0.2, -0.15) is 0 Å². The SMILES string of the molecule is COc1ccc([C@H]2[C@H](C(=O)OC3CCCCC3)C(=O)C[C@H]2c2ccc(OC)cc2)cc1. The highest BCUT2D eigenvalue weighted by Gasteiger charge is 2.49. The second-order valence-electron chi connectivity index (χ2n) is 8.52. The quantitative estimate of drug-likeness (QED) is 0.482. The highest BCUT2D eigenvalue weighted by Crippen LogP contribution is 2.49. The zero-order valence-electron chi connectivity index (χ0n) is 18.2. The number of esters is 1. The van der Waals surface area contributed by atoms with Crippen molar-refractivity contribution < 1.29 is 23.8 Å². The molecule has 0 heterocycles. The Kier molecular flexibility index (Phi) is 6.59. The van der Waals surface area contributed by atoms with Crippen molar-refractivity contribution in [1.29, 1.82) is 0 Å². The van der Waals surface area contributed by atoms with E-state index >= 15 is 0 Å². The van der Waals surface area contributed by atoms with E-state index in [1.165, 1.54) is 6.42 Å². The predicted octanol–water partition coefficient (Wildman–Crippen LogP) is 5.04. The Hall–Kier alpha value is -2.82. The number of hydrogen-bond donors (Lipinski definition) is 0. The van der Waals surface area contributed by atoms with Gasteiger partial charge in [0.1, 0.15) is 29.3 Å². The number of benzene rings is 2. The summed E-state index contributed by atoms with van der Waals surface area (Å²) in [7, 11) is 3.25. The standard InChI is InChI=1S/C26H30O5/c1-29-19-12-8-17(9-13-19)22-16-23(27)25(26(28)31-21-6-4-3-5-7-21)24(22)18-10-14-20(30-2)15-11-18/h8-15,21-22,24-25H,3-7,16H2,1-2H3/t22-,24+,25+/m0/s1. The lowest BCUT2D eigenvalue weighted by Gasteiger charge is -2.27. The first kappa shape index (κ1) is 21.4. The van der Waals surface area contributed by atoms with Crippen molar-refractivity contribution in [3.63, 3.8) is 0 Å². The molecule has 5 nitrogen and oxygen atoms in total. The van der Waals surface area contributed by atoms with Gasteiger partial charge >= 0.3 is 5.97 Å². The summed E-state index contributed by atoms with van der Waals surface area (Å²) in [5.41, 5.74) is 1.99. The molecule has 0 radical (unpaired) electrons. The molecule has 0 saturated heterocycles. The maximum atomic E-state index is 13.2. The van der Waals surface area contributed by atoms with E-state index in [0.29, 0.717) is 6.42 Å². The zero-order chi connectivity index (χ0) is 21.8. The van der Waals surface area contributed by atoms with Crippen LogP contribution in [0.1, 0.15) is 61.5 Å². The first-order valence-electron chi connectivity index (χ1n) is 11.1. The molecular weight excluding hydrogens is 392 g/mol. The predicted molar refractivity (Wildman–Crippen MR) is 118 cm³/mol. The van der Waals surface area contributed by atoms with Gasteiger partial charge in [0.05, 0.1) is 14.2 Å². The minimum atomic E-state index is -0.776. The van der Waals surface area contributed by atoms with Gasteiger partial charge < -0.3 is 14.2 Å². The summed E-state index contributed by atoms with van der Waals surface area (Å²) in [6.45, 7) is 0. The molecule has 0 spiro atoms. The van der Waals surface area contributed by atoms with Crippen LogP contribution in [-0.4, -0.2) is 32.1 Å². The number of hydrogen-bond acceptors (Lipinski definition) is 5. The van der Waals surface area contributed by atoms with E-state index < -0.39 is 5.92 Å². The normalized spacial score (nSPS) is 24.1. The molecule has 0 bridgehead atoms. The minimum absolute atomic E-state index is 0.0394. The molecule has 2 aliphatic rings. The monoisotopic (exact) mass is 422 g/mol. The number of carbonyl (C=O) groups is 2. The van der Waals surface area contributed by atoms with Crippen LogP contribution in [0.4, 0.5) is 0 Å². The van der Waals surface area contributed by atoms with E-state index in [1.807, 2.05) is 48.5 Å². The molecule has 164 valence electrons. The molecule has 2 saturated carbocycles. The van der Waals surface area contributed by atoms with Gasteiger partial charge in [-0.05, 0) is 67.0 Å². The van der Waals surface area contributed by atoms with Crippen molar-refractivity contribution in [3.8, 4) is 11.5 Å². The van der Waals surface area contributed by atoms with Crippen molar-refractivity contribution >= 4 is 11.8 Å². The number of methoxy groups -OCH3 is 2. The van der Waals surface area contributed by atoms with Crippen molar-refractivity contribution in [2.75, 3.05) is 14.2 Å². The fourth-order valence-corrected chi connectivity index (χ4v) is 5.03. The summed E-state index contributed by atoms with van der Waals surface area (Å²) >= 11 is 0. The molecule has 0 unspecified atom stereocenters. The molecule has 0 N–H and O–H groups in total. The van der Waals surface area contributed by atoms with Gasteiger partial charge in [0.15, 0.2) is 0 Å². The fourth-order valence-electron chi connectivity index (χ4n) is 5.03. The highest BCUT2D eigenvalue weighted by atomic mass is 16.5. The smallest absolute Gasteiger partial charge is 0.317 e. The Bertz CT molecular complexity index is 896. The number of Topliss-reactive ketones (excluding diaryl/α,β-unsaturated/α-hetero) is 1. The first-order valence-corrected chi connectivity index (χ1v) is 11.1. The molecular formula is C26H30O5. The second kappa shape index (κ2) is 9.54. The second-order valence-corrected chi connectivity index (χ2v) is 8.52. The maximum Gasteiger partial charge on any atom is 0.317 e. The van der Waals surface area contributed by atoms with Crippen LogP contribution < -0.4 is 9.47 Å². The van der Waals surface area contributed by atoms with Gasteiger partial charge in [0.25, 0.3) is 0 Å². The lowest BCUT2D eigenvalue weighted by atomic mass is 9.79. The lowest BCUT2D eigenvalue weighted by Crippen LogP contribution is -2.31. The van der Waals surface area contributed by atoms with Crippen LogP contribution >= 0.6 is 0 Å². The molecule has 0 aromatic heterocycles. The van der Waals surface area contributed by atoms with E-state index in [4.69, 9.17) is 14.2 Å². The van der Waals surface area contributed by atoms with Gasteiger partial charge in [-0.1, -0.05) is 30.7 Å². The molecule has 0 aliphatic heterocycles. The topological polar surface area (TPSA) is 61.8 Å². The molecule has 2 aromatic rings. The third-order valence-electron chi connectivity index (χ3n) is 6.69. The summed E-state index contributed by atoms with van der Waals surface area (Å²) in [6.07, 6.45) is 5.38. The van der Waals surface area contributed by atoms with Crippen LogP contribution in [0.3, 0.4) is 0 Å². The van der Waals surface area contributed by atoms with Gasteiger partial charge in [0.2, 0.25) is 0 Å². The van der Waals surface area contributed by atoms with Crippen molar-refractivity contribution in [2.24, 2.45) is 5.92 Å². The number of ketones is 1. The number of rotatable bonds is 6. The molecule has 2 fully saturated rings. The highest BCUT2D eigenvalue weighted by molar-refractivity contribution is 6.02. The molecule has 2 aliphatic carbocycles. The zero-order valence-corrected chi connectivity index (χ0v) is 18.2. The lowest BCUT2D eigenvalue weighted by molar-refractivity contribution is -0.157. The summed E-state index contributed by atoms with van der Waals surface area (Å²) < 4.78 is 16.4. The van der Waals surface area contributed by atoms with Gasteiger partial charge in [0, 0.05) is 12.3 Å². The van der Waals surface area contributed by atoms with Crippen LogP contribution in [0, 0.1) is 5.92 Å². The van der Waals surface area contributed by atoms with E-state index in [-0.39, 0.29) is 29.7 Å². The van der Waals surface area contributed by atoms with Crippen LogP contribution in [0.25, 0.3) is 0 Å². The van der Waals surface area contributed by atoms with Gasteiger partial charge in [-0.3, -0.25) is 9.59 Å². The molecule has 3 atom stereocenters. The van der Waals surface area contributed by atoms with E-state index in [1.54, 1.807) is 14.2 Å². The molecule has 5 heteroatoms. The summed E-state index contributed by atoms with van der Waals surface area (Å²) in [4.78, 5) is 26.3. The summed E-state index contributed by atoms with van der Waals surface area (Å²) in [5.74, 6) is -0.0186. The summed E-state index contributed by atoms with van der Waals surface area (Å²) in [5, 5.41) is 0.